The maximum absolute atomic E-state index is 13.5. The van der Waals surface area contributed by atoms with Gasteiger partial charge in [-0.3, -0.25) is 9.69 Å². The molecule has 0 radical (unpaired) electrons. The van der Waals surface area contributed by atoms with Crippen molar-refractivity contribution in [3.63, 3.8) is 0 Å². The molecule has 5 heteroatoms. The fourth-order valence-electron chi connectivity index (χ4n) is 3.01. The number of amides is 1. The Morgan fingerprint density at radius 2 is 1.62 bits per heavy atom. The Morgan fingerprint density at radius 1 is 1.03 bits per heavy atom. The monoisotopic (exact) mass is 401 g/mol. The number of nitrogens with zero attached hydrogens (tertiary/aromatic N) is 3. The smallest absolute Gasteiger partial charge is 0.244 e. The maximum Gasteiger partial charge on any atom is 0.244 e. The fourth-order valence-corrected chi connectivity index (χ4v) is 3.96. The van der Waals surface area contributed by atoms with Crippen LogP contribution in [-0.4, -0.2) is 16.1 Å². The van der Waals surface area contributed by atoms with Crippen LogP contribution >= 0.6 is 11.8 Å². The van der Waals surface area contributed by atoms with E-state index in [-0.39, 0.29) is 5.91 Å². The van der Waals surface area contributed by atoms with E-state index < -0.39 is 5.25 Å². The molecule has 0 aliphatic heterocycles. The number of para-hydroxylation sites is 2. The second kappa shape index (κ2) is 9.90. The van der Waals surface area contributed by atoms with Crippen molar-refractivity contribution in [2.45, 2.75) is 37.0 Å². The van der Waals surface area contributed by atoms with Crippen LogP contribution in [0.1, 0.15) is 31.5 Å². The Balaban J connectivity index is 1.91. The van der Waals surface area contributed by atoms with E-state index in [9.17, 15) is 10.1 Å². The van der Waals surface area contributed by atoms with Crippen molar-refractivity contribution >= 4 is 29.0 Å². The van der Waals surface area contributed by atoms with Crippen molar-refractivity contribution in [1.29, 1.82) is 5.26 Å². The van der Waals surface area contributed by atoms with Gasteiger partial charge in [-0.15, -0.1) is 0 Å². The molecule has 0 aliphatic carbocycles. The number of rotatable bonds is 7. The van der Waals surface area contributed by atoms with Crippen LogP contribution in [0.3, 0.4) is 0 Å². The Kier molecular flexibility index (Phi) is 7.04. The second-order valence-electron chi connectivity index (χ2n) is 6.62. The lowest BCUT2D eigenvalue weighted by atomic mass is 10.2. The summed E-state index contributed by atoms with van der Waals surface area (Å²) in [4.78, 5) is 19.8. The molecule has 29 heavy (non-hydrogen) atoms. The standard InChI is InChI=1S/C24H23N3OS/c1-3-10-20-16-15-19(17-25)23(26-20)29-18(2)24(28)27(21-11-6-4-7-12-21)22-13-8-5-9-14-22/h4-9,11-16,18H,3,10H2,1-2H3. The molecule has 0 N–H and O–H groups in total. The summed E-state index contributed by atoms with van der Waals surface area (Å²) in [5, 5.41) is 9.66. The molecular formula is C24H23N3OS. The van der Waals surface area contributed by atoms with Crippen LogP contribution in [0.25, 0.3) is 0 Å². The minimum absolute atomic E-state index is 0.0565. The summed E-state index contributed by atoms with van der Waals surface area (Å²) in [5.74, 6) is -0.0565. The normalized spacial score (nSPS) is 11.5. The van der Waals surface area contributed by atoms with Gasteiger partial charge in [0.2, 0.25) is 5.91 Å². The summed E-state index contributed by atoms with van der Waals surface area (Å²) in [6, 6.07) is 25.1. The van der Waals surface area contributed by atoms with E-state index in [2.05, 4.69) is 18.0 Å². The number of benzene rings is 2. The first-order valence-corrected chi connectivity index (χ1v) is 10.5. The molecule has 1 atom stereocenters. The second-order valence-corrected chi connectivity index (χ2v) is 7.95. The van der Waals surface area contributed by atoms with Crippen molar-refractivity contribution in [2.75, 3.05) is 4.90 Å². The summed E-state index contributed by atoms with van der Waals surface area (Å²) in [5.41, 5.74) is 3.06. The van der Waals surface area contributed by atoms with Gasteiger partial charge < -0.3 is 0 Å². The molecule has 0 spiro atoms. The number of pyridine rings is 1. The highest BCUT2D eigenvalue weighted by Gasteiger charge is 2.25. The van der Waals surface area contributed by atoms with E-state index in [0.717, 1.165) is 29.9 Å². The third kappa shape index (κ3) is 5.04. The lowest BCUT2D eigenvalue weighted by molar-refractivity contribution is -0.117. The Bertz CT molecular complexity index is 960. The summed E-state index contributed by atoms with van der Waals surface area (Å²) in [6.07, 6.45) is 1.83. The number of carbonyl (C=O) groups is 1. The highest BCUT2D eigenvalue weighted by Crippen LogP contribution is 2.31. The minimum atomic E-state index is -0.410. The molecule has 4 nitrogen and oxygen atoms in total. The van der Waals surface area contributed by atoms with Crippen molar-refractivity contribution < 1.29 is 4.79 Å². The molecule has 0 saturated heterocycles. The van der Waals surface area contributed by atoms with Gasteiger partial charge in [0.25, 0.3) is 0 Å². The van der Waals surface area contributed by atoms with Gasteiger partial charge in [-0.05, 0) is 49.7 Å². The Labute approximate surface area is 176 Å². The lowest BCUT2D eigenvalue weighted by Gasteiger charge is -2.26. The lowest BCUT2D eigenvalue weighted by Crippen LogP contribution is -2.32. The first-order chi connectivity index (χ1) is 14.1. The number of anilines is 2. The molecule has 0 aliphatic rings. The number of thioether (sulfide) groups is 1. The topological polar surface area (TPSA) is 57.0 Å². The van der Waals surface area contributed by atoms with Gasteiger partial charge in [-0.25, -0.2) is 4.98 Å². The van der Waals surface area contributed by atoms with E-state index in [0.29, 0.717) is 10.6 Å². The molecule has 1 aromatic heterocycles. The fraction of sp³-hybridized carbons (Fsp3) is 0.208. The predicted molar refractivity (Wildman–Crippen MR) is 118 cm³/mol. The average molecular weight is 402 g/mol. The van der Waals surface area contributed by atoms with E-state index in [1.54, 1.807) is 11.0 Å². The maximum atomic E-state index is 13.5. The van der Waals surface area contributed by atoms with Gasteiger partial charge in [-0.2, -0.15) is 5.26 Å². The van der Waals surface area contributed by atoms with Crippen LogP contribution in [0.15, 0.2) is 77.8 Å². The molecule has 0 bridgehead atoms. The summed E-state index contributed by atoms with van der Waals surface area (Å²) < 4.78 is 0. The third-order valence-electron chi connectivity index (χ3n) is 4.43. The van der Waals surface area contributed by atoms with E-state index in [4.69, 9.17) is 0 Å². The van der Waals surface area contributed by atoms with Gasteiger partial charge in [0.05, 0.1) is 10.8 Å². The molecule has 3 aromatic rings. The molecule has 2 aromatic carbocycles. The number of carbonyl (C=O) groups excluding carboxylic acids is 1. The van der Waals surface area contributed by atoms with Crippen molar-refractivity contribution in [3.05, 3.63) is 84.1 Å². The number of hydrogen-bond acceptors (Lipinski definition) is 4. The molecule has 146 valence electrons. The zero-order chi connectivity index (χ0) is 20.6. The highest BCUT2D eigenvalue weighted by atomic mass is 32.2. The Hall–Kier alpha value is -3.10. The molecular weight excluding hydrogens is 378 g/mol. The van der Waals surface area contributed by atoms with Crippen molar-refractivity contribution in [3.8, 4) is 6.07 Å². The van der Waals surface area contributed by atoms with Crippen LogP contribution in [-0.2, 0) is 11.2 Å². The zero-order valence-corrected chi connectivity index (χ0v) is 17.4. The summed E-state index contributed by atoms with van der Waals surface area (Å²) in [7, 11) is 0. The zero-order valence-electron chi connectivity index (χ0n) is 16.6. The van der Waals surface area contributed by atoms with Gasteiger partial charge in [0, 0.05) is 17.1 Å². The average Bonchev–Trinajstić information content (AvgIpc) is 2.76. The Morgan fingerprint density at radius 3 is 2.14 bits per heavy atom. The highest BCUT2D eigenvalue weighted by molar-refractivity contribution is 8.00. The molecule has 3 rings (SSSR count). The van der Waals surface area contributed by atoms with Crippen molar-refractivity contribution in [2.24, 2.45) is 0 Å². The van der Waals surface area contributed by atoms with E-state index >= 15 is 0 Å². The molecule has 1 heterocycles. The van der Waals surface area contributed by atoms with Crippen LogP contribution in [0.4, 0.5) is 11.4 Å². The van der Waals surface area contributed by atoms with Gasteiger partial charge in [-0.1, -0.05) is 61.5 Å². The molecule has 0 fully saturated rings. The SMILES string of the molecule is CCCc1ccc(C#N)c(SC(C)C(=O)N(c2ccccc2)c2ccccc2)n1. The molecule has 1 unspecified atom stereocenters. The number of aryl methyl sites for hydroxylation is 1. The van der Waals surface area contributed by atoms with Crippen LogP contribution in [0.2, 0.25) is 0 Å². The van der Waals surface area contributed by atoms with Gasteiger partial charge >= 0.3 is 0 Å². The van der Waals surface area contributed by atoms with Crippen LogP contribution in [0.5, 0.6) is 0 Å². The molecule has 1 amide bonds. The molecule has 0 saturated carbocycles. The van der Waals surface area contributed by atoms with Crippen LogP contribution < -0.4 is 4.90 Å². The largest absolute Gasteiger partial charge is 0.280 e. The van der Waals surface area contributed by atoms with E-state index in [1.807, 2.05) is 73.7 Å². The van der Waals surface area contributed by atoms with E-state index in [1.165, 1.54) is 11.8 Å². The first kappa shape index (κ1) is 20.6. The van der Waals surface area contributed by atoms with Crippen LogP contribution in [0, 0.1) is 11.3 Å². The predicted octanol–water partition coefficient (Wildman–Crippen LogP) is 5.75. The third-order valence-corrected chi connectivity index (χ3v) is 5.52. The van der Waals surface area contributed by atoms with Gasteiger partial charge in [0.1, 0.15) is 11.1 Å². The number of aromatic nitrogens is 1. The summed E-state index contributed by atoms with van der Waals surface area (Å²) in [6.45, 7) is 3.96. The first-order valence-electron chi connectivity index (χ1n) is 9.64. The quantitative estimate of drug-likeness (QED) is 0.473. The number of nitriles is 1. The van der Waals surface area contributed by atoms with Crippen molar-refractivity contribution in [1.82, 2.24) is 4.98 Å². The minimum Gasteiger partial charge on any atom is -0.280 e. The number of hydrogen-bond donors (Lipinski definition) is 0. The van der Waals surface area contributed by atoms with Gasteiger partial charge in [0.15, 0.2) is 0 Å². The summed E-state index contributed by atoms with van der Waals surface area (Å²) >= 11 is 1.34.